The number of carbonyl (C=O) groups is 2. The van der Waals surface area contributed by atoms with Gasteiger partial charge in [-0.1, -0.05) is 55.1 Å². The molecule has 0 radical (unpaired) electrons. The van der Waals surface area contributed by atoms with Crippen molar-refractivity contribution >= 4 is 39.1 Å². The average molecular weight is 490 g/mol. The second kappa shape index (κ2) is 11.3. The summed E-state index contributed by atoms with van der Waals surface area (Å²) < 4.78 is 27.9. The lowest BCUT2D eigenvalue weighted by Gasteiger charge is -2.24. The molecule has 1 fully saturated rings. The summed E-state index contributed by atoms with van der Waals surface area (Å²) in [6.45, 7) is 3.47. The summed E-state index contributed by atoms with van der Waals surface area (Å²) in [6.07, 6.45) is 6.73. The first kappa shape index (κ1) is 24.8. The Kier molecular flexibility index (Phi) is 8.52. The number of nitrogens with one attached hydrogen (secondary N) is 2. The highest BCUT2D eigenvalue weighted by Gasteiger charge is 2.26. The Hall–Kier alpha value is -2.84. The highest BCUT2D eigenvalue weighted by molar-refractivity contribution is 7.92. The SMILES string of the molecule is C=CCN(c1ccccc1Cl)S(=O)(=O)c1cccc(C(=O)NCC(=O)NC2CCCCC2)c1. The Labute approximate surface area is 199 Å². The Balaban J connectivity index is 1.73. The third-order valence-electron chi connectivity index (χ3n) is 5.48. The van der Waals surface area contributed by atoms with Gasteiger partial charge in [0.15, 0.2) is 0 Å². The summed E-state index contributed by atoms with van der Waals surface area (Å²) >= 11 is 6.23. The molecule has 0 spiro atoms. The molecule has 1 aliphatic carbocycles. The van der Waals surface area contributed by atoms with Crippen LogP contribution in [-0.2, 0) is 14.8 Å². The lowest BCUT2D eigenvalue weighted by atomic mass is 9.95. The number of hydrogen-bond acceptors (Lipinski definition) is 4. The predicted molar refractivity (Wildman–Crippen MR) is 130 cm³/mol. The Morgan fingerprint density at radius 1 is 1.09 bits per heavy atom. The molecule has 0 saturated heterocycles. The lowest BCUT2D eigenvalue weighted by Crippen LogP contribution is -2.42. The second-order valence-corrected chi connectivity index (χ2v) is 10.2. The zero-order valence-corrected chi connectivity index (χ0v) is 19.9. The van der Waals surface area contributed by atoms with Crippen molar-refractivity contribution in [3.05, 3.63) is 71.8 Å². The van der Waals surface area contributed by atoms with Crippen LogP contribution < -0.4 is 14.9 Å². The van der Waals surface area contributed by atoms with E-state index in [4.69, 9.17) is 11.6 Å². The fourth-order valence-corrected chi connectivity index (χ4v) is 5.60. The zero-order chi connectivity index (χ0) is 23.8. The number of para-hydroxylation sites is 1. The smallest absolute Gasteiger partial charge is 0.264 e. The van der Waals surface area contributed by atoms with Crippen LogP contribution in [0.1, 0.15) is 42.5 Å². The highest BCUT2D eigenvalue weighted by atomic mass is 35.5. The van der Waals surface area contributed by atoms with Crippen molar-refractivity contribution in [2.45, 2.75) is 43.0 Å². The van der Waals surface area contributed by atoms with Gasteiger partial charge in [-0.2, -0.15) is 0 Å². The third-order valence-corrected chi connectivity index (χ3v) is 7.58. The van der Waals surface area contributed by atoms with Crippen molar-refractivity contribution in [3.8, 4) is 0 Å². The van der Waals surface area contributed by atoms with Crippen molar-refractivity contribution in [1.29, 1.82) is 0 Å². The van der Waals surface area contributed by atoms with Crippen LogP contribution in [0.2, 0.25) is 5.02 Å². The molecule has 0 atom stereocenters. The van der Waals surface area contributed by atoms with Gasteiger partial charge in [-0.05, 0) is 43.2 Å². The number of sulfonamides is 1. The molecule has 0 aliphatic heterocycles. The molecule has 2 aromatic rings. The van der Waals surface area contributed by atoms with E-state index >= 15 is 0 Å². The van der Waals surface area contributed by atoms with Crippen molar-refractivity contribution in [2.24, 2.45) is 0 Å². The topological polar surface area (TPSA) is 95.6 Å². The summed E-state index contributed by atoms with van der Waals surface area (Å²) in [5, 5.41) is 5.78. The first-order valence-electron chi connectivity index (χ1n) is 10.9. The van der Waals surface area contributed by atoms with Crippen LogP contribution in [0, 0.1) is 0 Å². The van der Waals surface area contributed by atoms with Crippen LogP contribution in [-0.4, -0.2) is 39.4 Å². The maximum atomic E-state index is 13.4. The molecule has 2 aromatic carbocycles. The molecular formula is C24H28ClN3O4S. The Morgan fingerprint density at radius 2 is 1.82 bits per heavy atom. The Morgan fingerprint density at radius 3 is 2.52 bits per heavy atom. The van der Waals surface area contributed by atoms with Crippen LogP contribution in [0.4, 0.5) is 5.69 Å². The number of carbonyl (C=O) groups excluding carboxylic acids is 2. The maximum Gasteiger partial charge on any atom is 0.264 e. The van der Waals surface area contributed by atoms with Crippen molar-refractivity contribution in [3.63, 3.8) is 0 Å². The van der Waals surface area contributed by atoms with Crippen molar-refractivity contribution in [2.75, 3.05) is 17.4 Å². The first-order valence-corrected chi connectivity index (χ1v) is 12.7. The van der Waals surface area contributed by atoms with Crippen LogP contribution >= 0.6 is 11.6 Å². The highest BCUT2D eigenvalue weighted by Crippen LogP contribution is 2.30. The van der Waals surface area contributed by atoms with Crippen molar-refractivity contribution < 1.29 is 18.0 Å². The van der Waals surface area contributed by atoms with Gasteiger partial charge < -0.3 is 10.6 Å². The second-order valence-electron chi connectivity index (χ2n) is 7.89. The number of anilines is 1. The van der Waals surface area contributed by atoms with E-state index in [2.05, 4.69) is 17.2 Å². The van der Waals surface area contributed by atoms with E-state index < -0.39 is 15.9 Å². The number of halogens is 1. The van der Waals surface area contributed by atoms with Gasteiger partial charge in [0.2, 0.25) is 5.91 Å². The van der Waals surface area contributed by atoms with Crippen LogP contribution in [0.3, 0.4) is 0 Å². The van der Waals surface area contributed by atoms with E-state index in [9.17, 15) is 18.0 Å². The predicted octanol–water partition coefficient (Wildman–Crippen LogP) is 3.90. The van der Waals surface area contributed by atoms with Gasteiger partial charge in [0, 0.05) is 11.6 Å². The minimum Gasteiger partial charge on any atom is -0.352 e. The normalized spacial score (nSPS) is 14.3. The molecule has 2 amide bonds. The number of rotatable bonds is 9. The molecule has 7 nitrogen and oxygen atoms in total. The summed E-state index contributed by atoms with van der Waals surface area (Å²) in [5.74, 6) is -0.784. The van der Waals surface area contributed by atoms with Gasteiger partial charge in [-0.25, -0.2) is 8.42 Å². The minimum absolute atomic E-state index is 0.00380. The van der Waals surface area contributed by atoms with Gasteiger partial charge in [0.1, 0.15) is 0 Å². The van der Waals surface area contributed by atoms with E-state index in [1.807, 2.05) is 0 Å². The van der Waals surface area contributed by atoms with Gasteiger partial charge >= 0.3 is 0 Å². The van der Waals surface area contributed by atoms with Gasteiger partial charge in [0.05, 0.1) is 28.7 Å². The molecule has 1 aliphatic rings. The lowest BCUT2D eigenvalue weighted by molar-refractivity contribution is -0.121. The first-order chi connectivity index (χ1) is 15.8. The van der Waals surface area contributed by atoms with Crippen LogP contribution in [0.5, 0.6) is 0 Å². The molecule has 0 heterocycles. The molecule has 0 unspecified atom stereocenters. The van der Waals surface area contributed by atoms with Gasteiger partial charge in [0.25, 0.3) is 15.9 Å². The third kappa shape index (κ3) is 6.36. The molecule has 2 N–H and O–H groups in total. The van der Waals surface area contributed by atoms with E-state index in [1.54, 1.807) is 24.3 Å². The minimum atomic E-state index is -4.03. The molecule has 33 heavy (non-hydrogen) atoms. The van der Waals surface area contributed by atoms with Gasteiger partial charge in [-0.3, -0.25) is 13.9 Å². The van der Waals surface area contributed by atoms with E-state index in [0.29, 0.717) is 5.69 Å². The zero-order valence-electron chi connectivity index (χ0n) is 18.3. The molecule has 3 rings (SSSR count). The maximum absolute atomic E-state index is 13.4. The number of benzene rings is 2. The summed E-state index contributed by atoms with van der Waals surface area (Å²) in [5.41, 5.74) is 0.451. The van der Waals surface area contributed by atoms with Crippen molar-refractivity contribution in [1.82, 2.24) is 10.6 Å². The molecule has 176 valence electrons. The molecule has 9 heteroatoms. The standard InChI is InChI=1S/C24H28ClN3O4S/c1-2-15-28(22-14-7-6-13-21(22)25)33(31,32)20-12-8-9-18(16-20)24(30)26-17-23(29)27-19-10-4-3-5-11-19/h2,6-9,12-14,16,19H,1,3-5,10-11,15,17H2,(H,26,30)(H,27,29). The number of nitrogens with zero attached hydrogens (tertiary/aromatic N) is 1. The fourth-order valence-electron chi connectivity index (χ4n) is 3.81. The largest absolute Gasteiger partial charge is 0.352 e. The summed E-state index contributed by atoms with van der Waals surface area (Å²) in [7, 11) is -4.03. The van der Waals surface area contributed by atoms with E-state index in [0.717, 1.165) is 30.0 Å². The Bertz CT molecular complexity index is 1110. The quantitative estimate of drug-likeness (QED) is 0.522. The van der Waals surface area contributed by atoms with Gasteiger partial charge in [-0.15, -0.1) is 6.58 Å². The monoisotopic (exact) mass is 489 g/mol. The van der Waals surface area contributed by atoms with Crippen LogP contribution in [0.25, 0.3) is 0 Å². The molecule has 1 saturated carbocycles. The fraction of sp³-hybridized carbons (Fsp3) is 0.333. The molecule has 0 bridgehead atoms. The molecular weight excluding hydrogens is 462 g/mol. The van der Waals surface area contributed by atoms with E-state index in [-0.39, 0.29) is 40.5 Å². The summed E-state index contributed by atoms with van der Waals surface area (Å²) in [4.78, 5) is 24.7. The number of hydrogen-bond donors (Lipinski definition) is 2. The average Bonchev–Trinajstić information content (AvgIpc) is 2.82. The number of amides is 2. The van der Waals surface area contributed by atoms with Crippen LogP contribution in [0.15, 0.2) is 66.1 Å². The molecule has 0 aromatic heterocycles. The summed E-state index contributed by atoms with van der Waals surface area (Å²) in [6, 6.07) is 12.4. The van der Waals surface area contributed by atoms with E-state index in [1.165, 1.54) is 36.8 Å².